The number of rotatable bonds is 2. The fourth-order valence-electron chi connectivity index (χ4n) is 3.60. The number of nitrogens with zero attached hydrogens (tertiary/aromatic N) is 1. The maximum absolute atomic E-state index is 8.31. The van der Waals surface area contributed by atoms with Crippen molar-refractivity contribution in [3.8, 4) is 0 Å². The van der Waals surface area contributed by atoms with Crippen molar-refractivity contribution in [2.24, 2.45) is 5.92 Å². The van der Waals surface area contributed by atoms with Gasteiger partial charge in [-0.2, -0.15) is 0 Å². The van der Waals surface area contributed by atoms with Crippen molar-refractivity contribution < 1.29 is 6.11 Å². The average Bonchev–Trinajstić information content (AvgIpc) is 2.76. The van der Waals surface area contributed by atoms with Crippen molar-refractivity contribution in [2.45, 2.75) is 58.1 Å². The molecule has 0 radical (unpaired) electrons. The molecule has 2 heteroatoms. The van der Waals surface area contributed by atoms with E-state index in [9.17, 15) is 0 Å². The second-order valence-corrected chi connectivity index (χ2v) is 6.04. The van der Waals surface area contributed by atoms with Gasteiger partial charge in [-0.1, -0.05) is 37.5 Å². The Morgan fingerprint density at radius 2 is 1.95 bits per heavy atom. The van der Waals surface area contributed by atoms with E-state index >= 15 is 0 Å². The van der Waals surface area contributed by atoms with Crippen LogP contribution in [-0.2, 0) is 4.74 Å². The molecule has 2 unspecified atom stereocenters. The van der Waals surface area contributed by atoms with E-state index in [4.69, 9.17) is 6.11 Å². The quantitative estimate of drug-likeness (QED) is 0.793. The molecule has 0 spiro atoms. The molecule has 3 atom stereocenters. The average molecular weight is 260 g/mol. The summed E-state index contributed by atoms with van der Waals surface area (Å²) in [7, 11) is 0. The van der Waals surface area contributed by atoms with Crippen LogP contribution in [-0.4, -0.2) is 18.9 Å². The lowest BCUT2D eigenvalue weighted by molar-refractivity contribution is 0.0424. The Morgan fingerprint density at radius 1 is 1.21 bits per heavy atom. The number of benzene rings is 1. The van der Waals surface area contributed by atoms with Gasteiger partial charge in [-0.3, -0.25) is 0 Å². The van der Waals surface area contributed by atoms with Gasteiger partial charge in [0.1, 0.15) is 6.71 Å². The standard InChI is InChI=1S/C17H25NO/c1-13-8-6-7-11-16(13)18-12-19-17(14(18)2)15-9-4-3-5-10-15/h6-8,11,14-15,17H,3-5,9-10,12H2,1-2H3/t14-,17?/m0/s1/i12D/t12?,14-,17?. The Bertz CT molecular complexity index is 458. The summed E-state index contributed by atoms with van der Waals surface area (Å²) in [5.74, 6) is 0.639. The first-order chi connectivity index (χ1) is 9.68. The number of hydrogen-bond donors (Lipinski definition) is 0. The van der Waals surface area contributed by atoms with Crippen LogP contribution < -0.4 is 4.90 Å². The molecule has 1 aromatic rings. The van der Waals surface area contributed by atoms with Crippen LogP contribution in [0, 0.1) is 12.8 Å². The molecular formula is C17H25NO. The molecule has 1 heterocycles. The maximum Gasteiger partial charge on any atom is 0.119 e. The van der Waals surface area contributed by atoms with Crippen molar-refractivity contribution in [1.82, 2.24) is 0 Å². The Labute approximate surface area is 118 Å². The van der Waals surface area contributed by atoms with Gasteiger partial charge < -0.3 is 9.64 Å². The second kappa shape index (κ2) is 5.54. The predicted octanol–water partition coefficient (Wildman–Crippen LogP) is 4.13. The number of hydrogen-bond acceptors (Lipinski definition) is 2. The van der Waals surface area contributed by atoms with Crippen molar-refractivity contribution in [1.29, 1.82) is 0 Å². The number of anilines is 1. The van der Waals surface area contributed by atoms with Crippen LogP contribution in [0.3, 0.4) is 0 Å². The maximum atomic E-state index is 8.31. The molecule has 0 bridgehead atoms. The lowest BCUT2D eigenvalue weighted by Gasteiger charge is -2.31. The van der Waals surface area contributed by atoms with Crippen LogP contribution in [0.25, 0.3) is 0 Å². The SMILES string of the molecule is [2H]C1OC(C2CCCCC2)[C@H](C)N1c1ccccc1C. The van der Waals surface area contributed by atoms with E-state index in [1.54, 1.807) is 0 Å². The first kappa shape index (κ1) is 11.8. The minimum atomic E-state index is -0.557. The van der Waals surface area contributed by atoms with Crippen molar-refractivity contribution in [3.63, 3.8) is 0 Å². The summed E-state index contributed by atoms with van der Waals surface area (Å²) in [6, 6.07) is 8.62. The predicted molar refractivity (Wildman–Crippen MR) is 79.4 cm³/mol. The molecule has 1 aliphatic carbocycles. The highest BCUT2D eigenvalue weighted by Crippen LogP contribution is 2.36. The molecule has 0 N–H and O–H groups in total. The van der Waals surface area contributed by atoms with Gasteiger partial charge in [0.25, 0.3) is 0 Å². The minimum Gasteiger partial charge on any atom is -0.355 e. The highest BCUT2D eigenvalue weighted by atomic mass is 16.5. The molecule has 1 saturated heterocycles. The van der Waals surface area contributed by atoms with Crippen LogP contribution in [0.2, 0.25) is 0 Å². The lowest BCUT2D eigenvalue weighted by Crippen LogP contribution is -2.37. The molecule has 0 aromatic heterocycles. The summed E-state index contributed by atoms with van der Waals surface area (Å²) in [5, 5.41) is 0. The molecule has 0 amide bonds. The Morgan fingerprint density at radius 3 is 2.68 bits per heavy atom. The number of aryl methyl sites for hydroxylation is 1. The van der Waals surface area contributed by atoms with Crippen LogP contribution in [0.1, 0.15) is 46.0 Å². The van der Waals surface area contributed by atoms with Crippen LogP contribution >= 0.6 is 0 Å². The van der Waals surface area contributed by atoms with Gasteiger partial charge in [0.15, 0.2) is 0 Å². The zero-order valence-corrected chi connectivity index (χ0v) is 12.0. The fourth-order valence-corrected chi connectivity index (χ4v) is 3.60. The fraction of sp³-hybridized carbons (Fsp3) is 0.647. The van der Waals surface area contributed by atoms with Gasteiger partial charge in [0.05, 0.1) is 13.5 Å². The van der Waals surface area contributed by atoms with E-state index < -0.39 is 6.71 Å². The Kier molecular flexibility index (Phi) is 3.43. The number of ether oxygens (including phenoxy) is 1. The molecule has 1 saturated carbocycles. The minimum absolute atomic E-state index is 0.220. The molecule has 3 rings (SSSR count). The van der Waals surface area contributed by atoms with E-state index in [0.717, 1.165) is 5.69 Å². The summed E-state index contributed by atoms with van der Waals surface area (Å²) >= 11 is 0. The lowest BCUT2D eigenvalue weighted by atomic mass is 9.83. The molecule has 1 aromatic carbocycles. The van der Waals surface area contributed by atoms with E-state index in [0.29, 0.717) is 12.0 Å². The summed E-state index contributed by atoms with van der Waals surface area (Å²) in [6.45, 7) is 3.78. The van der Waals surface area contributed by atoms with Crippen molar-refractivity contribution in [3.05, 3.63) is 29.8 Å². The Hall–Kier alpha value is -1.02. The van der Waals surface area contributed by atoms with Gasteiger partial charge in [-0.25, -0.2) is 0 Å². The van der Waals surface area contributed by atoms with Gasteiger partial charge >= 0.3 is 0 Å². The topological polar surface area (TPSA) is 12.5 Å². The molecule has 2 nitrogen and oxygen atoms in total. The van der Waals surface area contributed by atoms with Crippen LogP contribution in [0.5, 0.6) is 0 Å². The molecule has 19 heavy (non-hydrogen) atoms. The summed E-state index contributed by atoms with van der Waals surface area (Å²) in [5.41, 5.74) is 2.38. The van der Waals surface area contributed by atoms with Crippen molar-refractivity contribution in [2.75, 3.05) is 11.6 Å². The summed E-state index contributed by atoms with van der Waals surface area (Å²) in [6.07, 6.45) is 6.77. The second-order valence-electron chi connectivity index (χ2n) is 6.04. The zero-order valence-electron chi connectivity index (χ0n) is 13.0. The smallest absolute Gasteiger partial charge is 0.119 e. The van der Waals surface area contributed by atoms with E-state index in [1.807, 2.05) is 0 Å². The third-order valence-corrected chi connectivity index (χ3v) is 4.75. The first-order valence-electron chi connectivity index (χ1n) is 8.18. The highest BCUT2D eigenvalue weighted by molar-refractivity contribution is 5.54. The molecule has 2 aliphatic rings. The molecule has 104 valence electrons. The third kappa shape index (κ3) is 2.51. The largest absolute Gasteiger partial charge is 0.355 e. The summed E-state index contributed by atoms with van der Waals surface area (Å²) < 4.78 is 14.3. The molecular weight excluding hydrogens is 234 g/mol. The number of para-hydroxylation sites is 1. The third-order valence-electron chi connectivity index (χ3n) is 4.75. The van der Waals surface area contributed by atoms with Gasteiger partial charge in [0, 0.05) is 5.69 Å². The molecule has 1 aliphatic heterocycles. The van der Waals surface area contributed by atoms with Crippen LogP contribution in [0.4, 0.5) is 5.69 Å². The van der Waals surface area contributed by atoms with E-state index in [1.165, 1.54) is 37.7 Å². The monoisotopic (exact) mass is 260 g/mol. The van der Waals surface area contributed by atoms with E-state index in [-0.39, 0.29) is 6.10 Å². The Balaban J connectivity index is 1.81. The van der Waals surface area contributed by atoms with Gasteiger partial charge in [-0.05, 0) is 44.2 Å². The van der Waals surface area contributed by atoms with Gasteiger partial charge in [-0.15, -0.1) is 0 Å². The van der Waals surface area contributed by atoms with Gasteiger partial charge in [0.2, 0.25) is 0 Å². The zero-order chi connectivity index (χ0) is 14.1. The van der Waals surface area contributed by atoms with Crippen molar-refractivity contribution >= 4 is 5.69 Å². The highest BCUT2D eigenvalue weighted by Gasteiger charge is 2.37. The van der Waals surface area contributed by atoms with Crippen LogP contribution in [0.15, 0.2) is 24.3 Å². The first-order valence-corrected chi connectivity index (χ1v) is 7.60. The molecule has 2 fully saturated rings. The normalized spacial score (nSPS) is 33.5. The summed E-state index contributed by atoms with van der Waals surface area (Å²) in [4.78, 5) is 2.15. The van der Waals surface area contributed by atoms with E-state index in [2.05, 4.69) is 43.0 Å².